The van der Waals surface area contributed by atoms with Crippen LogP contribution in [0, 0.1) is 0 Å². The number of hydrogen-bond donors (Lipinski definition) is 0. The number of methoxy groups -OCH3 is 1. The lowest BCUT2D eigenvalue weighted by molar-refractivity contribution is -0.194. The highest BCUT2D eigenvalue weighted by Gasteiger charge is 2.50. The maximum absolute atomic E-state index is 12.8. The van der Waals surface area contributed by atoms with Crippen molar-refractivity contribution >= 4 is 17.0 Å². The molecule has 2 aliphatic rings. The van der Waals surface area contributed by atoms with E-state index in [9.17, 15) is 4.79 Å². The fraction of sp³-hybridized carbons (Fsp3) is 0.571. The Hall–Kier alpha value is -2.09. The summed E-state index contributed by atoms with van der Waals surface area (Å²) in [6, 6.07) is 5.79. The number of carbonyl (C=O) groups excluding carboxylic acids is 1. The number of nitrogens with zero attached hydrogens (tertiary/aromatic N) is 3. The minimum absolute atomic E-state index is 0.225. The molecule has 0 unspecified atom stereocenters. The van der Waals surface area contributed by atoms with Gasteiger partial charge in [-0.3, -0.25) is 9.47 Å². The van der Waals surface area contributed by atoms with Gasteiger partial charge in [0.05, 0.1) is 31.4 Å². The molecule has 2 fully saturated rings. The van der Waals surface area contributed by atoms with E-state index in [2.05, 4.69) is 9.80 Å². The minimum Gasteiger partial charge on any atom is -0.497 e. The van der Waals surface area contributed by atoms with Crippen LogP contribution in [0.25, 0.3) is 10.9 Å². The molecule has 7 heteroatoms. The Bertz CT molecular complexity index is 851. The summed E-state index contributed by atoms with van der Waals surface area (Å²) in [5, 5.41) is 1.03. The third kappa shape index (κ3) is 3.50. The first-order chi connectivity index (χ1) is 13.5. The Morgan fingerprint density at radius 1 is 1.32 bits per heavy atom. The highest BCUT2D eigenvalue weighted by molar-refractivity contribution is 5.92. The molecule has 2 aromatic rings. The van der Waals surface area contributed by atoms with Crippen LogP contribution in [-0.2, 0) is 15.9 Å². The van der Waals surface area contributed by atoms with Crippen molar-refractivity contribution in [2.24, 2.45) is 0 Å². The Labute approximate surface area is 165 Å². The molecular formula is C21H29N3O4. The number of benzene rings is 1. The molecule has 28 heavy (non-hydrogen) atoms. The molecule has 1 aromatic heterocycles. The summed E-state index contributed by atoms with van der Waals surface area (Å²) >= 11 is 0. The van der Waals surface area contributed by atoms with Crippen LogP contribution in [0.15, 0.2) is 24.4 Å². The van der Waals surface area contributed by atoms with Crippen molar-refractivity contribution in [3.05, 3.63) is 30.0 Å². The predicted molar refractivity (Wildman–Crippen MR) is 107 cm³/mol. The summed E-state index contributed by atoms with van der Waals surface area (Å²) < 4.78 is 17.9. The van der Waals surface area contributed by atoms with Crippen LogP contribution < -0.4 is 4.74 Å². The Morgan fingerprint density at radius 3 is 2.75 bits per heavy atom. The monoisotopic (exact) mass is 387 g/mol. The van der Waals surface area contributed by atoms with Gasteiger partial charge in [-0.05, 0) is 50.7 Å². The zero-order valence-electron chi connectivity index (χ0n) is 16.9. The number of hydrogen-bond acceptors (Lipinski definition) is 6. The second kappa shape index (κ2) is 7.73. The van der Waals surface area contributed by atoms with E-state index in [0.29, 0.717) is 6.61 Å². The topological polar surface area (TPSA) is 56.2 Å². The van der Waals surface area contributed by atoms with Crippen molar-refractivity contribution in [3.8, 4) is 5.75 Å². The molecule has 2 aliphatic heterocycles. The van der Waals surface area contributed by atoms with E-state index in [0.717, 1.165) is 61.5 Å². The van der Waals surface area contributed by atoms with Gasteiger partial charge >= 0.3 is 6.09 Å². The van der Waals surface area contributed by atoms with E-state index in [4.69, 9.17) is 14.2 Å². The van der Waals surface area contributed by atoms with Crippen LogP contribution in [0.2, 0.25) is 0 Å². The highest BCUT2D eigenvalue weighted by Crippen LogP contribution is 2.36. The molecule has 1 aromatic carbocycles. The number of rotatable bonds is 7. The number of likely N-dealkylation sites (tertiary alicyclic amines) is 1. The molecule has 0 bridgehead atoms. The molecule has 1 spiro atoms. The molecule has 7 nitrogen and oxygen atoms in total. The zero-order valence-corrected chi connectivity index (χ0v) is 16.9. The molecule has 0 amide bonds. The van der Waals surface area contributed by atoms with Crippen LogP contribution in [0.4, 0.5) is 4.79 Å². The molecule has 0 atom stereocenters. The SMILES string of the molecule is COc1ccc2c(c1)c(CCN(C)C)cn2C(=O)OCCN1CCC12COC2. The molecule has 0 saturated carbocycles. The van der Waals surface area contributed by atoms with Crippen molar-refractivity contribution in [3.63, 3.8) is 0 Å². The number of likely N-dealkylation sites (N-methyl/N-ethyl adjacent to an activating group) is 1. The predicted octanol–water partition coefficient (Wildman–Crippen LogP) is 2.21. The summed E-state index contributed by atoms with van der Waals surface area (Å²) in [5.41, 5.74) is 2.20. The maximum atomic E-state index is 12.8. The first-order valence-corrected chi connectivity index (χ1v) is 9.85. The highest BCUT2D eigenvalue weighted by atomic mass is 16.5. The van der Waals surface area contributed by atoms with Gasteiger partial charge in [0.15, 0.2) is 0 Å². The van der Waals surface area contributed by atoms with E-state index in [-0.39, 0.29) is 11.6 Å². The van der Waals surface area contributed by atoms with Gasteiger partial charge in [-0.15, -0.1) is 0 Å². The van der Waals surface area contributed by atoms with Crippen LogP contribution in [-0.4, -0.2) is 86.7 Å². The van der Waals surface area contributed by atoms with E-state index in [1.165, 1.54) is 6.42 Å². The Morgan fingerprint density at radius 2 is 2.14 bits per heavy atom. The first kappa shape index (κ1) is 19.2. The Balaban J connectivity index is 1.46. The van der Waals surface area contributed by atoms with Crippen molar-refractivity contribution < 1.29 is 19.0 Å². The maximum Gasteiger partial charge on any atom is 0.418 e. The van der Waals surface area contributed by atoms with E-state index >= 15 is 0 Å². The zero-order chi connectivity index (χ0) is 19.7. The van der Waals surface area contributed by atoms with Gasteiger partial charge in [-0.25, -0.2) is 4.79 Å². The normalized spacial score (nSPS) is 18.3. The van der Waals surface area contributed by atoms with Gasteiger partial charge in [0.2, 0.25) is 0 Å². The third-order valence-electron chi connectivity index (χ3n) is 5.97. The van der Waals surface area contributed by atoms with Crippen molar-refractivity contribution in [2.45, 2.75) is 18.4 Å². The van der Waals surface area contributed by atoms with Gasteiger partial charge in [0, 0.05) is 31.2 Å². The summed E-state index contributed by atoms with van der Waals surface area (Å²) in [5.74, 6) is 0.788. The van der Waals surface area contributed by atoms with E-state index in [1.54, 1.807) is 11.7 Å². The molecular weight excluding hydrogens is 358 g/mol. The van der Waals surface area contributed by atoms with Crippen molar-refractivity contribution in [1.82, 2.24) is 14.4 Å². The van der Waals surface area contributed by atoms with Crippen molar-refractivity contribution in [1.29, 1.82) is 0 Å². The van der Waals surface area contributed by atoms with E-state index < -0.39 is 0 Å². The van der Waals surface area contributed by atoms with Gasteiger partial charge in [-0.2, -0.15) is 0 Å². The number of aromatic nitrogens is 1. The summed E-state index contributed by atoms with van der Waals surface area (Å²) in [7, 11) is 5.75. The smallest absolute Gasteiger partial charge is 0.418 e. The molecule has 0 aliphatic carbocycles. The van der Waals surface area contributed by atoms with Crippen molar-refractivity contribution in [2.75, 3.05) is 60.7 Å². The van der Waals surface area contributed by atoms with Gasteiger partial charge in [-0.1, -0.05) is 0 Å². The largest absolute Gasteiger partial charge is 0.497 e. The quantitative estimate of drug-likeness (QED) is 0.726. The molecule has 152 valence electrons. The number of carbonyl (C=O) groups is 1. The van der Waals surface area contributed by atoms with Crippen LogP contribution >= 0.6 is 0 Å². The summed E-state index contributed by atoms with van der Waals surface area (Å²) in [6.07, 6.45) is 3.61. The molecule has 4 rings (SSSR count). The Kier molecular flexibility index (Phi) is 5.31. The van der Waals surface area contributed by atoms with Crippen LogP contribution in [0.1, 0.15) is 12.0 Å². The lowest BCUT2D eigenvalue weighted by Gasteiger charge is -2.57. The van der Waals surface area contributed by atoms with Crippen LogP contribution in [0.3, 0.4) is 0 Å². The minimum atomic E-state index is -0.328. The molecule has 2 saturated heterocycles. The molecule has 0 N–H and O–H groups in total. The standard InChI is InChI=1S/C21H29N3O4/c1-22(2)8-6-16-13-24(19-5-4-17(26-3)12-18(16)19)20(25)28-11-10-23-9-7-21(23)14-27-15-21/h4-5,12-13H,6-11,14-15H2,1-3H3. The van der Waals surface area contributed by atoms with Crippen LogP contribution in [0.5, 0.6) is 5.75 Å². The summed E-state index contributed by atoms with van der Waals surface area (Å²) in [4.78, 5) is 17.3. The average molecular weight is 387 g/mol. The third-order valence-corrected chi connectivity index (χ3v) is 5.97. The van der Waals surface area contributed by atoms with Gasteiger partial charge < -0.3 is 19.1 Å². The summed E-state index contributed by atoms with van der Waals surface area (Å²) in [6.45, 7) is 4.73. The molecule has 3 heterocycles. The van der Waals surface area contributed by atoms with Gasteiger partial charge in [0.1, 0.15) is 12.4 Å². The van der Waals surface area contributed by atoms with Gasteiger partial charge in [0.25, 0.3) is 0 Å². The second-order valence-corrected chi connectivity index (χ2v) is 8.03. The number of ether oxygens (including phenoxy) is 3. The lowest BCUT2D eigenvalue weighted by Crippen LogP contribution is -2.71. The fourth-order valence-electron chi connectivity index (χ4n) is 4.01. The average Bonchev–Trinajstić information content (AvgIpc) is 2.99. The fourth-order valence-corrected chi connectivity index (χ4v) is 4.01. The van der Waals surface area contributed by atoms with E-state index in [1.807, 2.05) is 38.5 Å². The lowest BCUT2D eigenvalue weighted by atomic mass is 9.83. The molecule has 0 radical (unpaired) electrons. The first-order valence-electron chi connectivity index (χ1n) is 9.85. The number of fused-ring (bicyclic) bond motifs is 1. The second-order valence-electron chi connectivity index (χ2n) is 8.03.